The minimum atomic E-state index is -0.157. The van der Waals surface area contributed by atoms with Crippen molar-refractivity contribution in [1.82, 2.24) is 0 Å². The molecule has 4 nitrogen and oxygen atoms in total. The van der Waals surface area contributed by atoms with E-state index in [9.17, 15) is 4.79 Å². The molecule has 0 N–H and O–H groups in total. The van der Waals surface area contributed by atoms with E-state index in [1.54, 1.807) is 7.11 Å². The van der Waals surface area contributed by atoms with Crippen molar-refractivity contribution >= 4 is 5.97 Å². The van der Waals surface area contributed by atoms with E-state index in [-0.39, 0.29) is 5.97 Å². The normalized spacial score (nSPS) is 9.89. The molecule has 0 aliphatic rings. The Morgan fingerprint density at radius 2 is 1.78 bits per heavy atom. The van der Waals surface area contributed by atoms with E-state index in [0.717, 1.165) is 17.9 Å². The van der Waals surface area contributed by atoms with Crippen molar-refractivity contribution < 1.29 is 19.0 Å². The fourth-order valence-corrected chi connectivity index (χ4v) is 1.37. The Morgan fingerprint density at radius 1 is 1.11 bits per heavy atom. The van der Waals surface area contributed by atoms with Gasteiger partial charge in [0.25, 0.3) is 0 Å². The summed E-state index contributed by atoms with van der Waals surface area (Å²) in [6.07, 6.45) is 1.92. The molecule has 18 heavy (non-hydrogen) atoms. The second-order valence-corrected chi connectivity index (χ2v) is 3.85. The van der Waals surface area contributed by atoms with Crippen molar-refractivity contribution in [2.45, 2.75) is 26.2 Å². The number of ether oxygens (including phenoxy) is 3. The predicted octanol–water partition coefficient (Wildman–Crippen LogP) is 2.81. The van der Waals surface area contributed by atoms with Gasteiger partial charge >= 0.3 is 5.97 Å². The van der Waals surface area contributed by atoms with Crippen molar-refractivity contribution in [3.63, 3.8) is 0 Å². The second kappa shape index (κ2) is 8.39. The molecular weight excluding hydrogens is 232 g/mol. The van der Waals surface area contributed by atoms with Crippen LogP contribution in [0.4, 0.5) is 0 Å². The summed E-state index contributed by atoms with van der Waals surface area (Å²) < 4.78 is 15.5. The Balaban J connectivity index is 2.15. The summed E-state index contributed by atoms with van der Waals surface area (Å²) in [6, 6.07) is 7.36. The third-order valence-corrected chi connectivity index (χ3v) is 2.32. The van der Waals surface area contributed by atoms with Crippen molar-refractivity contribution in [2.24, 2.45) is 0 Å². The third-order valence-electron chi connectivity index (χ3n) is 2.32. The number of benzene rings is 1. The maximum absolute atomic E-state index is 11.2. The van der Waals surface area contributed by atoms with E-state index in [2.05, 4.69) is 0 Å². The van der Waals surface area contributed by atoms with Gasteiger partial charge in [-0.05, 0) is 37.1 Å². The van der Waals surface area contributed by atoms with Crippen LogP contribution in [0.1, 0.15) is 26.2 Å². The van der Waals surface area contributed by atoms with E-state index >= 15 is 0 Å². The summed E-state index contributed by atoms with van der Waals surface area (Å²) in [5.74, 6) is 1.42. The molecule has 1 rings (SSSR count). The number of rotatable bonds is 8. The number of methoxy groups -OCH3 is 1. The highest BCUT2D eigenvalue weighted by Gasteiger charge is 2.02. The molecule has 0 aromatic heterocycles. The Labute approximate surface area is 108 Å². The van der Waals surface area contributed by atoms with Crippen LogP contribution in [-0.2, 0) is 9.53 Å². The lowest BCUT2D eigenvalue weighted by Gasteiger charge is -2.07. The first-order valence-corrected chi connectivity index (χ1v) is 6.18. The van der Waals surface area contributed by atoms with Gasteiger partial charge in [-0.1, -0.05) is 6.92 Å². The minimum Gasteiger partial charge on any atom is -0.497 e. The van der Waals surface area contributed by atoms with E-state index in [1.807, 2.05) is 31.2 Å². The molecule has 4 heteroatoms. The lowest BCUT2D eigenvalue weighted by Crippen LogP contribution is -2.07. The number of hydrogen-bond donors (Lipinski definition) is 0. The maximum Gasteiger partial charge on any atom is 0.305 e. The molecule has 0 amide bonds. The van der Waals surface area contributed by atoms with E-state index in [1.165, 1.54) is 0 Å². The minimum absolute atomic E-state index is 0.157. The molecule has 0 unspecified atom stereocenters. The summed E-state index contributed by atoms with van der Waals surface area (Å²) in [5, 5.41) is 0. The van der Waals surface area contributed by atoms with Gasteiger partial charge in [0.05, 0.1) is 20.3 Å². The molecule has 1 aromatic carbocycles. The van der Waals surface area contributed by atoms with Gasteiger partial charge < -0.3 is 14.2 Å². The van der Waals surface area contributed by atoms with Crippen LogP contribution in [0.2, 0.25) is 0 Å². The highest BCUT2D eigenvalue weighted by atomic mass is 16.5. The van der Waals surface area contributed by atoms with Gasteiger partial charge in [0, 0.05) is 6.42 Å². The lowest BCUT2D eigenvalue weighted by atomic mass is 10.3. The van der Waals surface area contributed by atoms with Gasteiger partial charge in [-0.15, -0.1) is 0 Å². The molecule has 0 spiro atoms. The number of carbonyl (C=O) groups excluding carboxylic acids is 1. The van der Waals surface area contributed by atoms with Crippen LogP contribution in [0.25, 0.3) is 0 Å². The van der Waals surface area contributed by atoms with E-state index in [0.29, 0.717) is 26.1 Å². The number of esters is 1. The largest absolute Gasteiger partial charge is 0.497 e. The molecule has 0 atom stereocenters. The van der Waals surface area contributed by atoms with Crippen molar-refractivity contribution in [2.75, 3.05) is 20.3 Å². The SMILES string of the molecule is CCCOC(=O)CCCOc1ccc(OC)cc1. The van der Waals surface area contributed by atoms with Crippen LogP contribution in [0.5, 0.6) is 11.5 Å². The first-order chi connectivity index (χ1) is 8.76. The number of carbonyl (C=O) groups is 1. The van der Waals surface area contributed by atoms with Gasteiger partial charge in [0.15, 0.2) is 0 Å². The van der Waals surface area contributed by atoms with Crippen LogP contribution in [-0.4, -0.2) is 26.3 Å². The molecule has 0 saturated heterocycles. The van der Waals surface area contributed by atoms with Crippen molar-refractivity contribution in [3.05, 3.63) is 24.3 Å². The van der Waals surface area contributed by atoms with Crippen LogP contribution >= 0.6 is 0 Å². The van der Waals surface area contributed by atoms with Crippen LogP contribution < -0.4 is 9.47 Å². The molecular formula is C14H20O4. The molecule has 0 aliphatic heterocycles. The lowest BCUT2D eigenvalue weighted by molar-refractivity contribution is -0.143. The second-order valence-electron chi connectivity index (χ2n) is 3.85. The molecule has 1 aromatic rings. The zero-order valence-electron chi connectivity index (χ0n) is 11.0. The summed E-state index contributed by atoms with van der Waals surface area (Å²) in [7, 11) is 1.62. The summed E-state index contributed by atoms with van der Waals surface area (Å²) in [5.41, 5.74) is 0. The molecule has 0 fully saturated rings. The third kappa shape index (κ3) is 5.57. The first-order valence-electron chi connectivity index (χ1n) is 6.18. The average Bonchev–Trinajstić information content (AvgIpc) is 2.42. The molecule has 0 heterocycles. The van der Waals surface area contributed by atoms with Crippen LogP contribution in [0, 0.1) is 0 Å². The maximum atomic E-state index is 11.2. The Bertz CT molecular complexity index is 345. The quantitative estimate of drug-likeness (QED) is 0.527. The van der Waals surface area contributed by atoms with Gasteiger partial charge in [-0.2, -0.15) is 0 Å². The molecule has 0 saturated carbocycles. The Morgan fingerprint density at radius 3 is 2.39 bits per heavy atom. The Kier molecular flexibility index (Phi) is 6.69. The van der Waals surface area contributed by atoms with Gasteiger partial charge in [0.2, 0.25) is 0 Å². The van der Waals surface area contributed by atoms with Crippen LogP contribution in [0.15, 0.2) is 24.3 Å². The van der Waals surface area contributed by atoms with Crippen molar-refractivity contribution in [1.29, 1.82) is 0 Å². The average molecular weight is 252 g/mol. The highest BCUT2D eigenvalue weighted by Crippen LogP contribution is 2.17. The molecule has 0 bridgehead atoms. The zero-order valence-corrected chi connectivity index (χ0v) is 11.0. The fraction of sp³-hybridized carbons (Fsp3) is 0.500. The molecule has 100 valence electrons. The first kappa shape index (κ1) is 14.4. The van der Waals surface area contributed by atoms with Gasteiger partial charge in [0.1, 0.15) is 11.5 Å². The topological polar surface area (TPSA) is 44.8 Å². The zero-order chi connectivity index (χ0) is 13.2. The van der Waals surface area contributed by atoms with E-state index < -0.39 is 0 Å². The van der Waals surface area contributed by atoms with E-state index in [4.69, 9.17) is 14.2 Å². The summed E-state index contributed by atoms with van der Waals surface area (Å²) in [6.45, 7) is 2.98. The summed E-state index contributed by atoms with van der Waals surface area (Å²) in [4.78, 5) is 11.2. The predicted molar refractivity (Wildman–Crippen MR) is 69.0 cm³/mol. The van der Waals surface area contributed by atoms with Crippen molar-refractivity contribution in [3.8, 4) is 11.5 Å². The smallest absolute Gasteiger partial charge is 0.305 e. The molecule has 0 aliphatic carbocycles. The van der Waals surface area contributed by atoms with Crippen LogP contribution in [0.3, 0.4) is 0 Å². The van der Waals surface area contributed by atoms with Gasteiger partial charge in [-0.25, -0.2) is 0 Å². The molecule has 0 radical (unpaired) electrons. The van der Waals surface area contributed by atoms with Gasteiger partial charge in [-0.3, -0.25) is 4.79 Å². The standard InChI is InChI=1S/C14H20O4/c1-3-10-18-14(15)5-4-11-17-13-8-6-12(16-2)7-9-13/h6-9H,3-5,10-11H2,1-2H3. The fourth-order valence-electron chi connectivity index (χ4n) is 1.37. The number of hydrogen-bond acceptors (Lipinski definition) is 4. The Hall–Kier alpha value is -1.71. The highest BCUT2D eigenvalue weighted by molar-refractivity contribution is 5.69. The monoisotopic (exact) mass is 252 g/mol. The summed E-state index contributed by atoms with van der Waals surface area (Å²) >= 11 is 0.